The summed E-state index contributed by atoms with van der Waals surface area (Å²) in [6, 6.07) is 0.202. The summed E-state index contributed by atoms with van der Waals surface area (Å²) in [5.74, 6) is 0.240. The molecule has 1 rings (SSSR count). The number of carbonyl (C=O) groups is 1. The largest absolute Gasteiger partial charge is 0.343 e. The lowest BCUT2D eigenvalue weighted by Crippen LogP contribution is -2.50. The highest BCUT2D eigenvalue weighted by molar-refractivity contribution is 5.76. The van der Waals surface area contributed by atoms with Crippen molar-refractivity contribution in [2.75, 3.05) is 32.7 Å². The Morgan fingerprint density at radius 1 is 1.37 bits per heavy atom. The Balaban J connectivity index is 2.60. The van der Waals surface area contributed by atoms with Crippen molar-refractivity contribution >= 4 is 5.91 Å². The van der Waals surface area contributed by atoms with Crippen molar-refractivity contribution in [3.8, 4) is 0 Å². The summed E-state index contributed by atoms with van der Waals surface area (Å²) < 4.78 is 0. The maximum atomic E-state index is 12.2. The lowest BCUT2D eigenvalue weighted by Gasteiger charge is -2.42. The Labute approximate surface area is 118 Å². The molecule has 1 unspecified atom stereocenters. The van der Waals surface area contributed by atoms with Gasteiger partial charge in [0, 0.05) is 38.6 Å². The first-order valence-corrected chi connectivity index (χ1v) is 7.65. The Bertz CT molecular complexity index is 287. The summed E-state index contributed by atoms with van der Waals surface area (Å²) in [6.07, 6.45) is 3.04. The summed E-state index contributed by atoms with van der Waals surface area (Å²) in [5, 5.41) is 0. The third kappa shape index (κ3) is 4.77. The minimum atomic E-state index is 0.202. The number of nitrogens with zero attached hydrogens (tertiary/aromatic N) is 2. The molecule has 19 heavy (non-hydrogen) atoms. The number of rotatable bonds is 6. The Morgan fingerprint density at radius 2 is 2.00 bits per heavy atom. The van der Waals surface area contributed by atoms with Crippen LogP contribution >= 0.6 is 0 Å². The molecule has 0 aliphatic carbocycles. The monoisotopic (exact) mass is 269 g/mol. The van der Waals surface area contributed by atoms with Crippen LogP contribution in [0.1, 0.15) is 47.0 Å². The van der Waals surface area contributed by atoms with Gasteiger partial charge in [-0.2, -0.15) is 0 Å². The van der Waals surface area contributed by atoms with Gasteiger partial charge in [-0.25, -0.2) is 0 Å². The molecule has 0 radical (unpaired) electrons. The van der Waals surface area contributed by atoms with Crippen LogP contribution in [0, 0.1) is 5.41 Å². The second kappa shape index (κ2) is 7.25. The molecule has 1 aliphatic rings. The lowest BCUT2D eigenvalue weighted by atomic mass is 9.83. The maximum Gasteiger partial charge on any atom is 0.224 e. The molecule has 0 aromatic rings. The number of hydrogen-bond acceptors (Lipinski definition) is 3. The van der Waals surface area contributed by atoms with Crippen LogP contribution in [-0.2, 0) is 4.79 Å². The summed E-state index contributed by atoms with van der Waals surface area (Å²) in [4.78, 5) is 16.5. The first-order chi connectivity index (χ1) is 8.93. The Hall–Kier alpha value is -0.610. The Kier molecular flexibility index (Phi) is 6.27. The van der Waals surface area contributed by atoms with Gasteiger partial charge in [0.05, 0.1) is 0 Å². The van der Waals surface area contributed by atoms with Gasteiger partial charge in [0.2, 0.25) is 5.91 Å². The zero-order chi connectivity index (χ0) is 14.5. The van der Waals surface area contributed by atoms with Crippen LogP contribution in [0.5, 0.6) is 0 Å². The SMILES string of the molecule is CCN(CC)C(=O)CC(CN)N1CCCC(C)(C)C1. The normalized spacial score (nSPS) is 21.1. The van der Waals surface area contributed by atoms with E-state index in [0.717, 1.165) is 26.2 Å². The molecule has 0 aromatic carbocycles. The van der Waals surface area contributed by atoms with Crippen LogP contribution in [0.3, 0.4) is 0 Å². The number of hydrogen-bond donors (Lipinski definition) is 1. The van der Waals surface area contributed by atoms with Gasteiger partial charge in [0.1, 0.15) is 0 Å². The predicted molar refractivity (Wildman–Crippen MR) is 80.0 cm³/mol. The molecule has 0 saturated carbocycles. The van der Waals surface area contributed by atoms with Gasteiger partial charge >= 0.3 is 0 Å². The minimum Gasteiger partial charge on any atom is -0.343 e. The summed E-state index contributed by atoms with van der Waals surface area (Å²) in [5.41, 5.74) is 6.26. The van der Waals surface area contributed by atoms with E-state index in [1.807, 2.05) is 18.7 Å². The molecule has 1 heterocycles. The van der Waals surface area contributed by atoms with Crippen molar-refractivity contribution in [3.63, 3.8) is 0 Å². The molecule has 4 nitrogen and oxygen atoms in total. The maximum absolute atomic E-state index is 12.2. The molecule has 1 saturated heterocycles. The fourth-order valence-corrected chi connectivity index (χ4v) is 3.05. The zero-order valence-corrected chi connectivity index (χ0v) is 13.1. The van der Waals surface area contributed by atoms with E-state index in [1.54, 1.807) is 0 Å². The number of piperidine rings is 1. The summed E-state index contributed by atoms with van der Waals surface area (Å²) >= 11 is 0. The molecule has 1 atom stereocenters. The molecular formula is C15H31N3O. The van der Waals surface area contributed by atoms with Crippen LogP contribution in [0.2, 0.25) is 0 Å². The van der Waals surface area contributed by atoms with Crippen molar-refractivity contribution in [2.45, 2.75) is 53.0 Å². The fraction of sp³-hybridized carbons (Fsp3) is 0.933. The van der Waals surface area contributed by atoms with E-state index in [9.17, 15) is 4.79 Å². The second-order valence-electron chi connectivity index (χ2n) is 6.40. The fourth-order valence-electron chi connectivity index (χ4n) is 3.05. The van der Waals surface area contributed by atoms with E-state index in [2.05, 4.69) is 18.7 Å². The molecule has 1 fully saturated rings. The van der Waals surface area contributed by atoms with Crippen molar-refractivity contribution < 1.29 is 4.79 Å². The molecule has 0 aromatic heterocycles. The molecule has 0 bridgehead atoms. The van der Waals surface area contributed by atoms with Crippen LogP contribution < -0.4 is 5.73 Å². The van der Waals surface area contributed by atoms with Crippen LogP contribution in [0.25, 0.3) is 0 Å². The first-order valence-electron chi connectivity index (χ1n) is 7.65. The topological polar surface area (TPSA) is 49.6 Å². The van der Waals surface area contributed by atoms with Crippen LogP contribution in [0.15, 0.2) is 0 Å². The first kappa shape index (κ1) is 16.4. The number of carbonyl (C=O) groups excluding carboxylic acids is 1. The molecule has 4 heteroatoms. The molecule has 112 valence electrons. The van der Waals surface area contributed by atoms with Gasteiger partial charge in [0.25, 0.3) is 0 Å². The Morgan fingerprint density at radius 3 is 2.47 bits per heavy atom. The molecule has 0 spiro atoms. The summed E-state index contributed by atoms with van der Waals surface area (Å²) in [7, 11) is 0. The number of likely N-dealkylation sites (tertiary alicyclic amines) is 1. The average molecular weight is 269 g/mol. The third-order valence-electron chi connectivity index (χ3n) is 4.24. The average Bonchev–Trinajstić information content (AvgIpc) is 2.36. The molecule has 2 N–H and O–H groups in total. The second-order valence-corrected chi connectivity index (χ2v) is 6.40. The van der Waals surface area contributed by atoms with Gasteiger partial charge < -0.3 is 10.6 Å². The van der Waals surface area contributed by atoms with E-state index < -0.39 is 0 Å². The van der Waals surface area contributed by atoms with Crippen molar-refractivity contribution in [2.24, 2.45) is 11.1 Å². The highest BCUT2D eigenvalue weighted by atomic mass is 16.2. The smallest absolute Gasteiger partial charge is 0.224 e. The van der Waals surface area contributed by atoms with Gasteiger partial charge in [-0.15, -0.1) is 0 Å². The highest BCUT2D eigenvalue weighted by Gasteiger charge is 2.31. The van der Waals surface area contributed by atoms with Crippen LogP contribution in [0.4, 0.5) is 0 Å². The van der Waals surface area contributed by atoms with Gasteiger partial charge in [0.15, 0.2) is 0 Å². The van der Waals surface area contributed by atoms with Gasteiger partial charge in [-0.1, -0.05) is 13.8 Å². The van der Waals surface area contributed by atoms with E-state index >= 15 is 0 Å². The molecule has 1 aliphatic heterocycles. The lowest BCUT2D eigenvalue weighted by molar-refractivity contribution is -0.132. The number of nitrogens with two attached hydrogens (primary N) is 1. The predicted octanol–water partition coefficient (Wildman–Crippen LogP) is 1.69. The summed E-state index contributed by atoms with van der Waals surface area (Å²) in [6.45, 7) is 13.0. The highest BCUT2D eigenvalue weighted by Crippen LogP contribution is 2.29. The number of amides is 1. The van der Waals surface area contributed by atoms with Crippen molar-refractivity contribution in [3.05, 3.63) is 0 Å². The van der Waals surface area contributed by atoms with E-state index in [-0.39, 0.29) is 11.9 Å². The van der Waals surface area contributed by atoms with Gasteiger partial charge in [-0.3, -0.25) is 9.69 Å². The van der Waals surface area contributed by atoms with Crippen LogP contribution in [-0.4, -0.2) is 54.5 Å². The van der Waals surface area contributed by atoms with E-state index in [1.165, 1.54) is 12.8 Å². The van der Waals surface area contributed by atoms with Gasteiger partial charge in [-0.05, 0) is 38.6 Å². The standard InChI is InChI=1S/C15H31N3O/c1-5-17(6-2)14(19)10-13(11-16)18-9-7-8-15(3,4)12-18/h13H,5-12,16H2,1-4H3. The van der Waals surface area contributed by atoms with E-state index in [4.69, 9.17) is 5.73 Å². The zero-order valence-electron chi connectivity index (χ0n) is 13.1. The van der Waals surface area contributed by atoms with Crippen molar-refractivity contribution in [1.82, 2.24) is 9.80 Å². The van der Waals surface area contributed by atoms with Crippen molar-refractivity contribution in [1.29, 1.82) is 0 Å². The molecule has 1 amide bonds. The van der Waals surface area contributed by atoms with E-state index in [0.29, 0.717) is 18.4 Å². The molecular weight excluding hydrogens is 238 g/mol. The quantitative estimate of drug-likeness (QED) is 0.798. The third-order valence-corrected chi connectivity index (χ3v) is 4.24. The minimum absolute atomic E-state index is 0.202.